The number of carbonyl (C=O) groups excluding carboxylic acids is 1. The summed E-state index contributed by atoms with van der Waals surface area (Å²) in [4.78, 5) is 11.3. The maximum atomic E-state index is 12.0. The highest BCUT2D eigenvalue weighted by molar-refractivity contribution is 8.17. The second kappa shape index (κ2) is 5.93. The highest BCUT2D eigenvalue weighted by atomic mass is 32.2. The first-order valence-corrected chi connectivity index (χ1v) is 5.20. The molecule has 0 saturated heterocycles. The van der Waals surface area contributed by atoms with Crippen molar-refractivity contribution >= 4 is 22.8 Å². The van der Waals surface area contributed by atoms with Gasteiger partial charge in [0.2, 0.25) is 0 Å². The van der Waals surface area contributed by atoms with Crippen LogP contribution >= 0.6 is 11.8 Å². The van der Waals surface area contributed by atoms with Crippen LogP contribution in [0.25, 0.3) is 0 Å². The van der Waals surface area contributed by atoms with E-state index in [0.29, 0.717) is 0 Å². The topological polar surface area (TPSA) is 50.2 Å². The molecule has 0 rings (SSSR count). The van der Waals surface area contributed by atoms with Gasteiger partial charge in [-0.15, -0.1) is 0 Å². The highest BCUT2D eigenvalue weighted by Crippen LogP contribution is 2.30. The Balaban J connectivity index is 4.67. The minimum absolute atomic E-state index is 0.0841. The van der Waals surface area contributed by atoms with E-state index in [0.717, 1.165) is 0 Å². The van der Waals surface area contributed by atoms with E-state index in [1.807, 2.05) is 0 Å². The van der Waals surface area contributed by atoms with Gasteiger partial charge in [-0.1, -0.05) is 11.8 Å². The van der Waals surface area contributed by atoms with Crippen LogP contribution in [0.4, 0.5) is 13.2 Å². The number of nitrogens with one attached hydrogen (secondary N) is 1. The van der Waals surface area contributed by atoms with Gasteiger partial charge in [0, 0.05) is 5.57 Å². The molecule has 0 aliphatic rings. The Morgan fingerprint density at radius 3 is 2.25 bits per heavy atom. The summed E-state index contributed by atoms with van der Waals surface area (Å²) >= 11 is 0.206. The number of thioether (sulfide) groups is 1. The Labute approximate surface area is 95.5 Å². The molecule has 0 saturated carbocycles. The summed E-state index contributed by atoms with van der Waals surface area (Å²) in [5.74, 6) is -0.664. The number of carbonyl (C=O) groups is 1. The molecule has 0 aromatic rings. The summed E-state index contributed by atoms with van der Waals surface area (Å²) in [5, 5.41) is 5.31. The van der Waals surface area contributed by atoms with Crippen molar-refractivity contribution < 1.29 is 22.7 Å². The molecule has 92 valence electrons. The van der Waals surface area contributed by atoms with E-state index in [4.69, 9.17) is 5.41 Å². The van der Waals surface area contributed by atoms with Crippen molar-refractivity contribution in [1.82, 2.24) is 0 Å². The minimum Gasteiger partial charge on any atom is -0.463 e. The van der Waals surface area contributed by atoms with Gasteiger partial charge in [0.25, 0.3) is 0 Å². The molecule has 0 bridgehead atoms. The third-order valence-corrected chi connectivity index (χ3v) is 2.67. The van der Waals surface area contributed by atoms with Crippen molar-refractivity contribution in [1.29, 1.82) is 5.41 Å². The molecule has 0 aromatic carbocycles. The second-order valence-electron chi connectivity index (χ2n) is 2.83. The first kappa shape index (κ1) is 15.0. The number of esters is 1. The number of halogens is 3. The average molecular weight is 255 g/mol. The smallest absolute Gasteiger partial charge is 0.439 e. The van der Waals surface area contributed by atoms with Gasteiger partial charge in [-0.25, -0.2) is 4.79 Å². The molecule has 1 N–H and O–H groups in total. The fourth-order valence-corrected chi connectivity index (χ4v) is 1.33. The van der Waals surface area contributed by atoms with Crippen molar-refractivity contribution in [3.8, 4) is 0 Å². The van der Waals surface area contributed by atoms with E-state index in [1.54, 1.807) is 6.92 Å². The maximum Gasteiger partial charge on any atom is 0.439 e. The van der Waals surface area contributed by atoms with Crippen LogP contribution in [0.1, 0.15) is 20.8 Å². The first-order valence-electron chi connectivity index (χ1n) is 4.38. The van der Waals surface area contributed by atoms with E-state index in [-0.39, 0.29) is 28.8 Å². The zero-order chi connectivity index (χ0) is 12.9. The molecule has 0 aliphatic heterocycles. The fraction of sp³-hybridized carbons (Fsp3) is 0.556. The number of allylic oxidation sites excluding steroid dienone is 1. The van der Waals surface area contributed by atoms with Crippen LogP contribution in [0.2, 0.25) is 0 Å². The summed E-state index contributed by atoms with van der Waals surface area (Å²) in [6.45, 7) is 4.47. The van der Waals surface area contributed by atoms with Gasteiger partial charge in [0.1, 0.15) is 0 Å². The molecule has 0 aliphatic carbocycles. The summed E-state index contributed by atoms with van der Waals surface area (Å²) in [6.07, 6.45) is -4.68. The van der Waals surface area contributed by atoms with Crippen LogP contribution in [0.3, 0.4) is 0 Å². The number of hydrogen-bond acceptors (Lipinski definition) is 4. The van der Waals surface area contributed by atoms with Crippen LogP contribution in [0.5, 0.6) is 0 Å². The van der Waals surface area contributed by atoms with Gasteiger partial charge in [0.05, 0.1) is 6.61 Å². The van der Waals surface area contributed by atoms with Gasteiger partial charge >= 0.3 is 12.1 Å². The summed E-state index contributed by atoms with van der Waals surface area (Å²) < 4.78 is 40.7. The van der Waals surface area contributed by atoms with Crippen LogP contribution in [0.15, 0.2) is 10.5 Å². The monoisotopic (exact) mass is 255 g/mol. The second-order valence-corrected chi connectivity index (χ2v) is 4.06. The summed E-state index contributed by atoms with van der Waals surface area (Å²) in [5.41, 5.74) is 0.0841. The lowest BCUT2D eigenvalue weighted by Crippen LogP contribution is -2.18. The molecule has 0 spiro atoms. The zero-order valence-electron chi connectivity index (χ0n) is 9.07. The normalized spacial score (nSPS) is 13.1. The Morgan fingerprint density at radius 2 is 1.88 bits per heavy atom. The van der Waals surface area contributed by atoms with Crippen molar-refractivity contribution in [2.24, 2.45) is 0 Å². The van der Waals surface area contributed by atoms with Crippen LogP contribution in [-0.2, 0) is 9.53 Å². The molecular formula is C9H12F3NO2S. The molecule has 0 aromatic heterocycles. The minimum atomic E-state index is -4.68. The SMILES string of the molecule is CCOC(=O)/C(C)=C(\C)SC(=N)C(F)(F)F. The third-order valence-electron chi connectivity index (χ3n) is 1.62. The van der Waals surface area contributed by atoms with E-state index in [2.05, 4.69) is 4.74 Å². The predicted molar refractivity (Wildman–Crippen MR) is 56.4 cm³/mol. The van der Waals surface area contributed by atoms with Gasteiger partial charge in [0.15, 0.2) is 5.04 Å². The molecule has 0 atom stereocenters. The Morgan fingerprint density at radius 1 is 1.38 bits per heavy atom. The van der Waals surface area contributed by atoms with Gasteiger partial charge in [-0.3, -0.25) is 5.41 Å². The van der Waals surface area contributed by atoms with Gasteiger partial charge < -0.3 is 4.74 Å². The fourth-order valence-electron chi connectivity index (χ4n) is 0.671. The van der Waals surface area contributed by atoms with E-state index < -0.39 is 17.2 Å². The average Bonchev–Trinajstić information content (AvgIpc) is 2.15. The largest absolute Gasteiger partial charge is 0.463 e. The number of rotatable bonds is 3. The van der Waals surface area contributed by atoms with Gasteiger partial charge in [-0.05, 0) is 25.7 Å². The van der Waals surface area contributed by atoms with E-state index in [1.165, 1.54) is 13.8 Å². The lowest BCUT2D eigenvalue weighted by atomic mass is 10.3. The predicted octanol–water partition coefficient (Wildman–Crippen LogP) is 3.12. The number of alkyl halides is 3. The summed E-state index contributed by atoms with van der Waals surface area (Å²) in [6, 6.07) is 0. The zero-order valence-corrected chi connectivity index (χ0v) is 9.88. The molecule has 7 heteroatoms. The highest BCUT2D eigenvalue weighted by Gasteiger charge is 2.35. The molecule has 0 heterocycles. The Hall–Kier alpha value is -0.980. The van der Waals surface area contributed by atoms with Crippen molar-refractivity contribution in [2.45, 2.75) is 26.9 Å². The van der Waals surface area contributed by atoms with Crippen molar-refractivity contribution in [3.63, 3.8) is 0 Å². The Bertz CT molecular complexity index is 323. The Kier molecular flexibility index (Phi) is 5.57. The summed E-state index contributed by atoms with van der Waals surface area (Å²) in [7, 11) is 0. The lowest BCUT2D eigenvalue weighted by molar-refractivity contribution is -0.138. The molecule has 0 fully saturated rings. The van der Waals surface area contributed by atoms with Crippen molar-refractivity contribution in [2.75, 3.05) is 6.61 Å². The molecule has 16 heavy (non-hydrogen) atoms. The maximum absolute atomic E-state index is 12.0. The molecule has 0 amide bonds. The quantitative estimate of drug-likeness (QED) is 0.365. The van der Waals surface area contributed by atoms with E-state index >= 15 is 0 Å². The number of hydrogen-bond donors (Lipinski definition) is 1. The molecular weight excluding hydrogens is 243 g/mol. The van der Waals surface area contributed by atoms with E-state index in [9.17, 15) is 18.0 Å². The number of ether oxygens (including phenoxy) is 1. The van der Waals surface area contributed by atoms with Crippen molar-refractivity contribution in [3.05, 3.63) is 10.5 Å². The van der Waals surface area contributed by atoms with Crippen LogP contribution in [-0.4, -0.2) is 23.8 Å². The first-order chi connectivity index (χ1) is 7.20. The standard InChI is InChI=1S/C9H12F3NO2S/c1-4-15-7(14)5(2)6(3)16-8(13)9(10,11)12/h13H,4H2,1-3H3/b6-5+,13-8?. The van der Waals surface area contributed by atoms with Crippen LogP contribution < -0.4 is 0 Å². The third kappa shape index (κ3) is 4.69. The van der Waals surface area contributed by atoms with Gasteiger partial charge in [-0.2, -0.15) is 13.2 Å². The molecule has 0 radical (unpaired) electrons. The molecule has 0 unspecified atom stereocenters. The van der Waals surface area contributed by atoms with Crippen LogP contribution in [0, 0.1) is 5.41 Å². The lowest BCUT2D eigenvalue weighted by Gasteiger charge is -2.09. The molecule has 3 nitrogen and oxygen atoms in total.